The van der Waals surface area contributed by atoms with Crippen LogP contribution >= 0.6 is 0 Å². The molecule has 17 nitrogen and oxygen atoms in total. The van der Waals surface area contributed by atoms with E-state index in [0.717, 1.165) is 11.2 Å². The van der Waals surface area contributed by atoms with E-state index in [4.69, 9.17) is 30.1 Å². The fourth-order valence-electron chi connectivity index (χ4n) is 9.11. The zero-order valence-electron chi connectivity index (χ0n) is 51.4. The van der Waals surface area contributed by atoms with Gasteiger partial charge in [0.2, 0.25) is 23.6 Å². The number of hydrogen-bond acceptors (Lipinski definition) is 8. The number of fused-ring (bicyclic) bond motifs is 8. The molecule has 1 aliphatic rings. The summed E-state index contributed by atoms with van der Waals surface area (Å²) in [7, 11) is 1.97. The molecule has 1 aliphatic heterocycles. The van der Waals surface area contributed by atoms with Crippen LogP contribution in [0.25, 0.3) is 0 Å². The molecule has 8 bridgehead atoms. The summed E-state index contributed by atoms with van der Waals surface area (Å²) in [4.78, 5) is 89.0. The number of hydrogen-bond donors (Lipinski definition) is 4. The van der Waals surface area contributed by atoms with Crippen LogP contribution in [0.5, 0.6) is 0 Å². The maximum absolute atomic E-state index is 13.8. The van der Waals surface area contributed by atoms with E-state index in [1.54, 1.807) is 6.20 Å². The van der Waals surface area contributed by atoms with Crippen molar-refractivity contribution in [3.8, 4) is 0 Å². The van der Waals surface area contributed by atoms with Gasteiger partial charge >= 0.3 is 0 Å². The van der Waals surface area contributed by atoms with E-state index < -0.39 is 21.7 Å². The number of carbonyl (C=O) groups excluding carboxylic acids is 4. The third kappa shape index (κ3) is 14.9. The number of aromatic nitrogens is 6. The minimum atomic E-state index is -0.703. The van der Waals surface area contributed by atoms with Crippen LogP contribution in [0.2, 0.25) is 0 Å². The van der Waals surface area contributed by atoms with E-state index in [9.17, 15) is 19.2 Å². The SMILES string of the molecule is CC(C)(C)C(=O)Nc1ccccc1[C+]1c2ccc([n-]2)[C+](c2ccccc2NC(=O)C(C)(C)C)c2ccc([n-]2)[C+](c2ccccc2NC(=O)C(C)(C)C)c2ccc([n-]2)[C+](c2ccccc2NC(=O)C(C)(C)C)c2ccc1[n-]2.Cc1nccn1C.O=N[O-].[Co]. The van der Waals surface area contributed by atoms with Gasteiger partial charge in [-0.05, 0) is 125 Å². The van der Waals surface area contributed by atoms with Crippen molar-refractivity contribution >= 4 is 46.4 Å². The Morgan fingerprint density at radius 2 is 0.609 bits per heavy atom. The molecule has 0 unspecified atom stereocenters. The number of nitrogens with one attached hydrogen (secondary N) is 4. The molecule has 18 heteroatoms. The van der Waals surface area contributed by atoms with Gasteiger partial charge in [-0.15, -0.1) is 5.34 Å². The molecular formula is C69H72CoN11O6-. The summed E-state index contributed by atoms with van der Waals surface area (Å²) in [5.41, 5.74) is 6.75. The van der Waals surface area contributed by atoms with Gasteiger partial charge in [0.15, 0.2) is 0 Å². The van der Waals surface area contributed by atoms with E-state index in [1.807, 2.05) is 253 Å². The van der Waals surface area contributed by atoms with Crippen LogP contribution in [-0.4, -0.2) is 33.2 Å². The summed E-state index contributed by atoms with van der Waals surface area (Å²) in [6.07, 6.45) is 3.71. The minimum Gasteiger partial charge on any atom is -0.628 e. The van der Waals surface area contributed by atoms with Gasteiger partial charge in [0.05, 0.1) is 0 Å². The molecule has 87 heavy (non-hydrogen) atoms. The van der Waals surface area contributed by atoms with E-state index in [0.29, 0.717) is 114 Å². The van der Waals surface area contributed by atoms with Gasteiger partial charge < -0.3 is 34.6 Å². The monoisotopic (exact) mass is 1210 g/mol. The number of nitrogens with zero attached hydrogens (tertiary/aromatic N) is 7. The molecule has 1 radical (unpaired) electrons. The smallest absolute Gasteiger partial charge is 0.236 e. The van der Waals surface area contributed by atoms with Crippen LogP contribution in [0.1, 0.15) is 157 Å². The molecule has 4 N–H and O–H groups in total. The molecule has 449 valence electrons. The van der Waals surface area contributed by atoms with Crippen molar-refractivity contribution in [1.82, 2.24) is 29.5 Å². The van der Waals surface area contributed by atoms with Gasteiger partial charge in [-0.2, -0.15) is 0 Å². The molecule has 10 rings (SSSR count). The predicted octanol–water partition coefficient (Wildman–Crippen LogP) is 12.8. The number of benzene rings is 4. The first-order chi connectivity index (χ1) is 40.6. The van der Waals surface area contributed by atoms with Gasteiger partial charge in [-0.1, -0.05) is 83.1 Å². The molecule has 0 saturated heterocycles. The second kappa shape index (κ2) is 26.4. The van der Waals surface area contributed by atoms with Gasteiger partial charge in [0.25, 0.3) is 0 Å². The number of aryl methyl sites for hydroxylation is 2. The molecule has 0 saturated carbocycles. The molecule has 4 amide bonds. The van der Waals surface area contributed by atoms with Crippen LogP contribution in [0, 0.1) is 62.4 Å². The molecule has 0 spiro atoms. The Kier molecular flexibility index (Phi) is 19.7. The molecule has 6 heterocycles. The Bertz CT molecular complexity index is 3330. The van der Waals surface area contributed by atoms with Crippen molar-refractivity contribution < 1.29 is 36.0 Å². The average Bonchev–Trinajstić information content (AvgIpc) is 2.25. The number of imidazole rings is 1. The first-order valence-electron chi connectivity index (χ1n) is 28.2. The number of anilines is 4. The first kappa shape index (κ1) is 65.0. The van der Waals surface area contributed by atoms with Crippen molar-refractivity contribution in [2.45, 2.75) is 90.0 Å². The van der Waals surface area contributed by atoms with Gasteiger partial charge in [0.1, 0.15) is 50.8 Å². The number of carbonyl (C=O) groups is 4. The summed E-state index contributed by atoms with van der Waals surface area (Å²) in [5.74, 6) is 2.98. The van der Waals surface area contributed by atoms with Crippen molar-refractivity contribution in [2.75, 3.05) is 21.3 Å². The van der Waals surface area contributed by atoms with Crippen LogP contribution in [0.15, 0.2) is 163 Å². The van der Waals surface area contributed by atoms with Crippen molar-refractivity contribution in [3.63, 3.8) is 0 Å². The quantitative estimate of drug-likeness (QED) is 0.0633. The molecular weight excluding hydrogens is 1140 g/mol. The van der Waals surface area contributed by atoms with Gasteiger partial charge in [-0.25, -0.2) is 4.98 Å². The maximum Gasteiger partial charge on any atom is 0.236 e. The van der Waals surface area contributed by atoms with E-state index >= 15 is 0 Å². The van der Waals surface area contributed by atoms with E-state index in [2.05, 4.69) is 26.3 Å². The number of rotatable bonds is 8. The molecule has 0 fully saturated rings. The first-order valence-corrected chi connectivity index (χ1v) is 28.2. The topological polar surface area (TPSA) is 243 Å². The number of amides is 4. The third-order valence-electron chi connectivity index (χ3n) is 14.2. The van der Waals surface area contributed by atoms with Crippen molar-refractivity contribution in [1.29, 1.82) is 0 Å². The Balaban J connectivity index is 0.000000901. The largest absolute Gasteiger partial charge is 0.628 e. The Morgan fingerprint density at radius 3 is 0.759 bits per heavy atom. The summed E-state index contributed by atoms with van der Waals surface area (Å²) < 4.78 is 1.97. The summed E-state index contributed by atoms with van der Waals surface area (Å²) in [5, 5.41) is 21.8. The maximum atomic E-state index is 13.8. The summed E-state index contributed by atoms with van der Waals surface area (Å²) >= 11 is 0. The summed E-state index contributed by atoms with van der Waals surface area (Å²) in [6.45, 7) is 24.4. The Morgan fingerprint density at radius 1 is 0.414 bits per heavy atom. The molecule has 4 aromatic carbocycles. The molecule has 5 aromatic heterocycles. The predicted molar refractivity (Wildman–Crippen MR) is 336 cm³/mol. The second-order valence-corrected chi connectivity index (χ2v) is 25.0. The minimum absolute atomic E-state index is 0. The van der Waals surface area contributed by atoms with Crippen LogP contribution in [0.4, 0.5) is 22.7 Å². The molecule has 0 aliphatic carbocycles. The second-order valence-electron chi connectivity index (χ2n) is 25.0. The third-order valence-corrected chi connectivity index (χ3v) is 14.2. The molecule has 0 atom stereocenters. The van der Waals surface area contributed by atoms with Gasteiger partial charge in [-0.3, -0.25) is 40.4 Å². The Hall–Kier alpha value is -9.52. The fourth-order valence-corrected chi connectivity index (χ4v) is 9.11. The van der Waals surface area contributed by atoms with Crippen molar-refractivity contribution in [3.05, 3.63) is 265 Å². The van der Waals surface area contributed by atoms with Crippen LogP contribution in [-0.2, 0) is 43.0 Å². The Labute approximate surface area is 519 Å². The van der Waals surface area contributed by atoms with E-state index in [-0.39, 0.29) is 40.4 Å². The van der Waals surface area contributed by atoms with E-state index in [1.165, 1.54) is 0 Å². The number of para-hydroxylation sites is 4. The zero-order chi connectivity index (χ0) is 62.5. The van der Waals surface area contributed by atoms with Crippen molar-refractivity contribution in [2.24, 2.45) is 34.0 Å². The van der Waals surface area contributed by atoms with Crippen LogP contribution < -0.4 is 41.2 Å². The average molecular weight is 1210 g/mol. The van der Waals surface area contributed by atoms with Gasteiger partial charge in [0, 0.05) is 154 Å². The standard InChI is InChI=1S/C64H64N8O4.C5H8N2.Co.HNO2/c1-61(2,3)57(73)69-41-25-17-13-21-37(41)53-45-29-31-47(65-45)54(38-22-14-18-26-42(38)70-58(74)62(4,5)6)49-33-35-51(67-49)56(40-24-16-20-28-44(40)72-60(76)64(10,11)12)52-36-34-50(68-52)55(48-32-30-46(53)66-48)39-23-15-19-27-43(39)71-59(75)63(7,8)9;1-5-6-3-4-7(5)2;;2-1-3/h13-36H,1-12H3,(H,69,73)(H,70,74)(H,71,75)(H,72,76);3-4H,1-2H3;;(H,2,3)/p-1. The molecule has 9 aromatic rings. The van der Waals surface area contributed by atoms with Crippen LogP contribution in [0.3, 0.4) is 0 Å². The fraction of sp³-hybridized carbons (Fsp3) is 0.261. The zero-order valence-corrected chi connectivity index (χ0v) is 52.5. The normalized spacial score (nSPS) is 12.3. The summed E-state index contributed by atoms with van der Waals surface area (Å²) in [6, 6.07) is 46.1.